The number of rotatable bonds is 7. The van der Waals surface area contributed by atoms with Gasteiger partial charge in [0.05, 0.1) is 6.54 Å². The number of halogens is 2. The summed E-state index contributed by atoms with van der Waals surface area (Å²) in [4.78, 5) is 8.08. The van der Waals surface area contributed by atoms with Gasteiger partial charge in [-0.1, -0.05) is 36.4 Å². The Bertz CT molecular complexity index is 1160. The van der Waals surface area contributed by atoms with Crippen LogP contribution in [0.2, 0.25) is 0 Å². The molecule has 0 bridgehead atoms. The highest BCUT2D eigenvalue weighted by molar-refractivity contribution is 5.63. The van der Waals surface area contributed by atoms with Gasteiger partial charge in [-0.3, -0.25) is 0 Å². The lowest BCUT2D eigenvalue weighted by molar-refractivity contribution is -0.0773. The summed E-state index contributed by atoms with van der Waals surface area (Å²) in [7, 11) is 0. The van der Waals surface area contributed by atoms with Crippen molar-refractivity contribution in [3.05, 3.63) is 96.7 Å². The van der Waals surface area contributed by atoms with E-state index in [1.54, 1.807) is 19.2 Å². The fourth-order valence-electron chi connectivity index (χ4n) is 3.40. The Balaban J connectivity index is 1.67. The Kier molecular flexibility index (Phi) is 5.73. The Morgan fingerprint density at radius 2 is 1.87 bits per heavy atom. The quantitative estimate of drug-likeness (QED) is 0.488. The van der Waals surface area contributed by atoms with Crippen LogP contribution in [0, 0.1) is 11.6 Å². The van der Waals surface area contributed by atoms with Gasteiger partial charge in [0, 0.05) is 23.9 Å². The number of nitrogens with zero attached hydrogens (tertiary/aromatic N) is 4. The molecule has 0 aliphatic heterocycles. The highest BCUT2D eigenvalue weighted by atomic mass is 19.1. The minimum atomic E-state index is -1.88. The van der Waals surface area contributed by atoms with Gasteiger partial charge in [0.2, 0.25) is 5.88 Å². The minimum Gasteiger partial charge on any atom is -0.471 e. The second-order valence-corrected chi connectivity index (χ2v) is 7.15. The van der Waals surface area contributed by atoms with Crippen molar-refractivity contribution in [1.29, 1.82) is 0 Å². The second kappa shape index (κ2) is 8.61. The van der Waals surface area contributed by atoms with Gasteiger partial charge in [-0.2, -0.15) is 5.10 Å². The van der Waals surface area contributed by atoms with E-state index in [1.165, 1.54) is 23.4 Å². The summed E-state index contributed by atoms with van der Waals surface area (Å²) in [5.74, 6) is -1.37. The van der Waals surface area contributed by atoms with Crippen LogP contribution >= 0.6 is 0 Å². The maximum atomic E-state index is 14.6. The summed E-state index contributed by atoms with van der Waals surface area (Å²) in [6.07, 6.45) is 3.33. The maximum absolute atomic E-state index is 14.6. The highest BCUT2D eigenvalue weighted by Crippen LogP contribution is 2.33. The third-order valence-electron chi connectivity index (χ3n) is 5.08. The lowest BCUT2D eigenvalue weighted by Crippen LogP contribution is -2.45. The number of pyridine rings is 1. The Morgan fingerprint density at radius 1 is 1.06 bits per heavy atom. The van der Waals surface area contributed by atoms with Crippen LogP contribution in [0.1, 0.15) is 12.5 Å². The topological polar surface area (TPSA) is 73.1 Å². The number of aromatic nitrogens is 4. The molecular formula is C23H20F2N4O2. The molecule has 2 aromatic heterocycles. The molecule has 0 saturated heterocycles. The molecule has 2 heterocycles. The van der Waals surface area contributed by atoms with Crippen molar-refractivity contribution in [2.75, 3.05) is 0 Å². The van der Waals surface area contributed by atoms with Crippen LogP contribution in [0.3, 0.4) is 0 Å². The van der Waals surface area contributed by atoms with E-state index in [-0.39, 0.29) is 18.0 Å². The summed E-state index contributed by atoms with van der Waals surface area (Å²) < 4.78 is 35.4. The number of aliphatic hydroxyl groups is 1. The van der Waals surface area contributed by atoms with Gasteiger partial charge in [0.15, 0.2) is 0 Å². The van der Waals surface area contributed by atoms with E-state index < -0.39 is 23.3 Å². The first-order valence-corrected chi connectivity index (χ1v) is 9.64. The molecule has 8 heteroatoms. The molecule has 0 fully saturated rings. The largest absolute Gasteiger partial charge is 0.471 e. The first-order valence-electron chi connectivity index (χ1n) is 9.64. The molecule has 0 aliphatic rings. The smallest absolute Gasteiger partial charge is 0.214 e. The summed E-state index contributed by atoms with van der Waals surface area (Å²) in [6.45, 7) is 1.44. The molecule has 158 valence electrons. The van der Waals surface area contributed by atoms with E-state index in [0.29, 0.717) is 0 Å². The fraction of sp³-hybridized carbons (Fsp3) is 0.174. The van der Waals surface area contributed by atoms with E-state index in [0.717, 1.165) is 23.3 Å². The standard InChI is InChI=1S/C23H20F2N4O2/c1-16(31-22-11-18(9-10-27-22)17-5-3-2-4-6-17)23(30,13-29-15-26-14-28-29)20-8-7-19(24)12-21(20)25/h2-12,14-16,30H,13H2,1H3/t16-,23-/m1/s1. The van der Waals surface area contributed by atoms with Crippen molar-refractivity contribution in [1.82, 2.24) is 19.7 Å². The molecule has 0 aliphatic carbocycles. The number of benzene rings is 2. The Morgan fingerprint density at radius 3 is 2.58 bits per heavy atom. The summed E-state index contributed by atoms with van der Waals surface area (Å²) in [5, 5.41) is 15.5. The Labute approximate surface area is 177 Å². The number of hydrogen-bond donors (Lipinski definition) is 1. The van der Waals surface area contributed by atoms with Crippen molar-refractivity contribution < 1.29 is 18.6 Å². The number of hydrogen-bond acceptors (Lipinski definition) is 5. The minimum absolute atomic E-state index is 0.115. The van der Waals surface area contributed by atoms with Crippen LogP contribution in [0.25, 0.3) is 11.1 Å². The van der Waals surface area contributed by atoms with Gasteiger partial charge in [-0.05, 0) is 30.2 Å². The van der Waals surface area contributed by atoms with Gasteiger partial charge < -0.3 is 9.84 Å². The molecule has 0 saturated carbocycles. The molecule has 6 nitrogen and oxygen atoms in total. The first kappa shape index (κ1) is 20.6. The first-order chi connectivity index (χ1) is 15.0. The molecule has 0 amide bonds. The lowest BCUT2D eigenvalue weighted by Gasteiger charge is -2.34. The maximum Gasteiger partial charge on any atom is 0.214 e. The SMILES string of the molecule is C[C@@H](Oc1cc(-c2ccccc2)ccn1)[C@](O)(Cn1cncn1)c1ccc(F)cc1F. The van der Waals surface area contributed by atoms with Gasteiger partial charge in [0.25, 0.3) is 0 Å². The molecule has 1 N–H and O–H groups in total. The molecule has 2 aromatic carbocycles. The normalized spacial score (nSPS) is 14.1. The predicted octanol–water partition coefficient (Wildman–Crippen LogP) is 3.97. The molecule has 0 spiro atoms. The van der Waals surface area contributed by atoms with E-state index in [2.05, 4.69) is 15.1 Å². The zero-order valence-corrected chi connectivity index (χ0v) is 16.7. The number of ether oxygens (including phenoxy) is 1. The van der Waals surface area contributed by atoms with Gasteiger partial charge in [0.1, 0.15) is 36.0 Å². The van der Waals surface area contributed by atoms with Gasteiger partial charge in [-0.15, -0.1) is 0 Å². The average Bonchev–Trinajstić information content (AvgIpc) is 3.27. The van der Waals surface area contributed by atoms with Crippen LogP contribution < -0.4 is 4.74 Å². The molecule has 4 aromatic rings. The van der Waals surface area contributed by atoms with Crippen molar-refractivity contribution in [3.8, 4) is 17.0 Å². The van der Waals surface area contributed by atoms with E-state index >= 15 is 0 Å². The van der Waals surface area contributed by atoms with Crippen molar-refractivity contribution in [3.63, 3.8) is 0 Å². The lowest BCUT2D eigenvalue weighted by atomic mass is 9.88. The molecule has 2 atom stereocenters. The van der Waals surface area contributed by atoms with Crippen LogP contribution in [0.15, 0.2) is 79.5 Å². The Hall–Kier alpha value is -3.65. The van der Waals surface area contributed by atoms with Crippen LogP contribution in [-0.2, 0) is 12.1 Å². The highest BCUT2D eigenvalue weighted by Gasteiger charge is 2.41. The third kappa shape index (κ3) is 4.44. The fourth-order valence-corrected chi connectivity index (χ4v) is 3.40. The van der Waals surface area contributed by atoms with Crippen LogP contribution in [-0.4, -0.2) is 31.0 Å². The molecule has 4 rings (SSSR count). The summed E-state index contributed by atoms with van der Waals surface area (Å²) in [5.41, 5.74) is -0.137. The average molecular weight is 422 g/mol. The summed E-state index contributed by atoms with van der Waals surface area (Å²) in [6, 6.07) is 16.3. The van der Waals surface area contributed by atoms with Crippen molar-refractivity contribution in [2.24, 2.45) is 0 Å². The van der Waals surface area contributed by atoms with E-state index in [9.17, 15) is 13.9 Å². The molecule has 0 unspecified atom stereocenters. The van der Waals surface area contributed by atoms with Crippen LogP contribution in [0.4, 0.5) is 8.78 Å². The molecular weight excluding hydrogens is 402 g/mol. The predicted molar refractivity (Wildman–Crippen MR) is 110 cm³/mol. The third-order valence-corrected chi connectivity index (χ3v) is 5.08. The molecule has 0 radical (unpaired) electrons. The summed E-state index contributed by atoms with van der Waals surface area (Å²) >= 11 is 0. The zero-order chi connectivity index (χ0) is 21.8. The zero-order valence-electron chi connectivity index (χ0n) is 16.7. The van der Waals surface area contributed by atoms with E-state index in [4.69, 9.17) is 4.74 Å². The monoisotopic (exact) mass is 422 g/mol. The van der Waals surface area contributed by atoms with Crippen molar-refractivity contribution >= 4 is 0 Å². The second-order valence-electron chi connectivity index (χ2n) is 7.15. The van der Waals surface area contributed by atoms with Crippen molar-refractivity contribution in [2.45, 2.75) is 25.2 Å². The van der Waals surface area contributed by atoms with E-state index in [1.807, 2.05) is 36.4 Å². The van der Waals surface area contributed by atoms with Gasteiger partial charge in [-0.25, -0.2) is 23.4 Å². The molecule has 31 heavy (non-hydrogen) atoms. The van der Waals surface area contributed by atoms with Crippen LogP contribution in [0.5, 0.6) is 5.88 Å². The van der Waals surface area contributed by atoms with Gasteiger partial charge >= 0.3 is 0 Å².